The lowest BCUT2D eigenvalue weighted by Crippen LogP contribution is -2.47. The van der Waals surface area contributed by atoms with Gasteiger partial charge in [0, 0.05) is 25.0 Å². The van der Waals surface area contributed by atoms with Crippen molar-refractivity contribution in [2.24, 2.45) is 11.8 Å². The summed E-state index contributed by atoms with van der Waals surface area (Å²) >= 11 is 0. The molecule has 2 aliphatic carbocycles. The molecule has 0 aromatic rings. The van der Waals surface area contributed by atoms with E-state index in [-0.39, 0.29) is 17.7 Å². The highest BCUT2D eigenvalue weighted by Crippen LogP contribution is 2.32. The van der Waals surface area contributed by atoms with Gasteiger partial charge in [-0.2, -0.15) is 0 Å². The molecular formula is C17H28N2O2. The second kappa shape index (κ2) is 6.80. The van der Waals surface area contributed by atoms with Gasteiger partial charge in [0.05, 0.1) is 5.92 Å². The largest absolute Gasteiger partial charge is 0.353 e. The van der Waals surface area contributed by atoms with Crippen molar-refractivity contribution < 1.29 is 9.59 Å². The average Bonchev–Trinajstić information content (AvgIpc) is 3.34. The molecule has 0 unspecified atom stereocenters. The number of amides is 2. The lowest BCUT2D eigenvalue weighted by molar-refractivity contribution is -0.137. The van der Waals surface area contributed by atoms with Gasteiger partial charge in [-0.05, 0) is 38.5 Å². The minimum absolute atomic E-state index is 0.0182. The van der Waals surface area contributed by atoms with Crippen molar-refractivity contribution >= 4 is 11.8 Å². The zero-order chi connectivity index (χ0) is 14.7. The van der Waals surface area contributed by atoms with Crippen LogP contribution >= 0.6 is 0 Å². The maximum absolute atomic E-state index is 12.5. The van der Waals surface area contributed by atoms with Gasteiger partial charge >= 0.3 is 0 Å². The van der Waals surface area contributed by atoms with Crippen LogP contribution in [0.1, 0.15) is 64.2 Å². The molecule has 2 amide bonds. The second-order valence-electron chi connectivity index (χ2n) is 7.09. The van der Waals surface area contributed by atoms with Crippen molar-refractivity contribution in [3.8, 4) is 0 Å². The van der Waals surface area contributed by atoms with Gasteiger partial charge in [0.15, 0.2) is 0 Å². The van der Waals surface area contributed by atoms with Crippen molar-refractivity contribution in [2.45, 2.75) is 70.3 Å². The van der Waals surface area contributed by atoms with Crippen molar-refractivity contribution in [1.82, 2.24) is 10.2 Å². The summed E-state index contributed by atoms with van der Waals surface area (Å²) in [5.41, 5.74) is 0. The Labute approximate surface area is 127 Å². The van der Waals surface area contributed by atoms with E-state index in [9.17, 15) is 9.59 Å². The minimum Gasteiger partial charge on any atom is -0.353 e. The topological polar surface area (TPSA) is 49.4 Å². The van der Waals surface area contributed by atoms with Crippen LogP contribution in [-0.4, -0.2) is 35.8 Å². The van der Waals surface area contributed by atoms with Gasteiger partial charge in [-0.3, -0.25) is 9.59 Å². The van der Waals surface area contributed by atoms with E-state index in [1.165, 1.54) is 25.7 Å². The molecule has 3 fully saturated rings. The number of piperidine rings is 1. The van der Waals surface area contributed by atoms with E-state index in [1.807, 2.05) is 4.90 Å². The third kappa shape index (κ3) is 3.98. The maximum Gasteiger partial charge on any atom is 0.225 e. The first-order valence-electron chi connectivity index (χ1n) is 8.83. The molecule has 0 radical (unpaired) electrons. The monoisotopic (exact) mass is 292 g/mol. The summed E-state index contributed by atoms with van der Waals surface area (Å²) in [5.74, 6) is 0.774. The van der Waals surface area contributed by atoms with Crippen molar-refractivity contribution in [3.05, 3.63) is 0 Å². The zero-order valence-electron chi connectivity index (χ0n) is 13.0. The number of carbonyl (C=O) groups is 2. The number of carbonyl (C=O) groups excluding carboxylic acids is 2. The second-order valence-corrected chi connectivity index (χ2v) is 7.09. The Morgan fingerprint density at radius 1 is 0.810 bits per heavy atom. The van der Waals surface area contributed by atoms with Crippen LogP contribution < -0.4 is 5.32 Å². The first kappa shape index (κ1) is 14.9. The summed E-state index contributed by atoms with van der Waals surface area (Å²) in [6, 6.07) is 0.370. The number of likely N-dealkylation sites (tertiary alicyclic amines) is 1. The average molecular weight is 292 g/mol. The van der Waals surface area contributed by atoms with Crippen LogP contribution in [0.15, 0.2) is 0 Å². The quantitative estimate of drug-likeness (QED) is 0.812. The molecule has 0 aromatic heterocycles. The highest BCUT2D eigenvalue weighted by atomic mass is 16.2. The Kier molecular flexibility index (Phi) is 4.81. The van der Waals surface area contributed by atoms with E-state index < -0.39 is 0 Å². The molecule has 1 aliphatic heterocycles. The predicted molar refractivity (Wildman–Crippen MR) is 81.7 cm³/mol. The molecule has 1 atom stereocenters. The van der Waals surface area contributed by atoms with Gasteiger partial charge < -0.3 is 10.2 Å². The van der Waals surface area contributed by atoms with E-state index in [1.54, 1.807) is 0 Å². The molecule has 3 aliphatic rings. The summed E-state index contributed by atoms with van der Waals surface area (Å²) in [5, 5.41) is 3.26. The fourth-order valence-corrected chi connectivity index (χ4v) is 3.72. The van der Waals surface area contributed by atoms with E-state index in [4.69, 9.17) is 0 Å². The fourth-order valence-electron chi connectivity index (χ4n) is 3.72. The summed E-state index contributed by atoms with van der Waals surface area (Å²) in [6.07, 6.45) is 11.4. The van der Waals surface area contributed by atoms with E-state index in [2.05, 4.69) is 5.32 Å². The molecule has 1 N–H and O–H groups in total. The van der Waals surface area contributed by atoms with Gasteiger partial charge in [0.1, 0.15) is 0 Å². The summed E-state index contributed by atoms with van der Waals surface area (Å²) in [7, 11) is 0. The van der Waals surface area contributed by atoms with Crippen LogP contribution in [0, 0.1) is 11.8 Å². The molecule has 4 heteroatoms. The zero-order valence-corrected chi connectivity index (χ0v) is 13.0. The van der Waals surface area contributed by atoms with Crippen LogP contribution in [0.5, 0.6) is 0 Å². The van der Waals surface area contributed by atoms with Crippen LogP contribution in [0.3, 0.4) is 0 Å². The SMILES string of the molecule is O=C(NC1CCCCCC1)[C@H]1CCCN(C(=O)C2CC2)C1. The molecule has 0 aromatic carbocycles. The molecule has 2 saturated carbocycles. The molecule has 0 spiro atoms. The third-order valence-corrected chi connectivity index (χ3v) is 5.23. The van der Waals surface area contributed by atoms with Crippen LogP contribution in [0.25, 0.3) is 0 Å². The summed E-state index contributed by atoms with van der Waals surface area (Å²) < 4.78 is 0. The Balaban J connectivity index is 1.50. The number of nitrogens with one attached hydrogen (secondary N) is 1. The number of rotatable bonds is 3. The van der Waals surface area contributed by atoms with Crippen LogP contribution in [0.4, 0.5) is 0 Å². The number of hydrogen-bond donors (Lipinski definition) is 1. The Bertz CT molecular complexity index is 384. The van der Waals surface area contributed by atoms with E-state index in [0.717, 1.165) is 45.1 Å². The first-order chi connectivity index (χ1) is 10.2. The van der Waals surface area contributed by atoms with Gasteiger partial charge in [-0.1, -0.05) is 25.7 Å². The maximum atomic E-state index is 12.5. The van der Waals surface area contributed by atoms with E-state index in [0.29, 0.717) is 18.5 Å². The highest BCUT2D eigenvalue weighted by molar-refractivity contribution is 5.83. The molecule has 118 valence electrons. The smallest absolute Gasteiger partial charge is 0.225 e. The standard InChI is InChI=1S/C17H28N2O2/c20-16(18-15-7-3-1-2-4-8-15)14-6-5-11-19(12-14)17(21)13-9-10-13/h13-15H,1-12H2,(H,18,20)/t14-/m0/s1. The molecule has 1 saturated heterocycles. The summed E-state index contributed by atoms with van der Waals surface area (Å²) in [6.45, 7) is 1.50. The number of nitrogens with zero attached hydrogens (tertiary/aromatic N) is 1. The van der Waals surface area contributed by atoms with Gasteiger partial charge in [-0.15, -0.1) is 0 Å². The molecule has 3 rings (SSSR count). The van der Waals surface area contributed by atoms with Gasteiger partial charge in [-0.25, -0.2) is 0 Å². The molecule has 4 nitrogen and oxygen atoms in total. The lowest BCUT2D eigenvalue weighted by atomic mass is 9.96. The Hall–Kier alpha value is -1.06. The predicted octanol–water partition coefficient (Wildman–Crippen LogP) is 2.47. The molecule has 21 heavy (non-hydrogen) atoms. The Morgan fingerprint density at radius 2 is 1.52 bits per heavy atom. The lowest BCUT2D eigenvalue weighted by Gasteiger charge is -2.33. The van der Waals surface area contributed by atoms with Crippen molar-refractivity contribution in [1.29, 1.82) is 0 Å². The van der Waals surface area contributed by atoms with Crippen molar-refractivity contribution in [2.75, 3.05) is 13.1 Å². The van der Waals surface area contributed by atoms with Crippen LogP contribution in [-0.2, 0) is 9.59 Å². The normalized spacial score (nSPS) is 28.0. The van der Waals surface area contributed by atoms with E-state index >= 15 is 0 Å². The van der Waals surface area contributed by atoms with Gasteiger partial charge in [0.25, 0.3) is 0 Å². The third-order valence-electron chi connectivity index (χ3n) is 5.23. The number of hydrogen-bond acceptors (Lipinski definition) is 2. The first-order valence-corrected chi connectivity index (χ1v) is 8.83. The minimum atomic E-state index is 0.0182. The van der Waals surface area contributed by atoms with Crippen LogP contribution in [0.2, 0.25) is 0 Å². The molecule has 1 heterocycles. The van der Waals surface area contributed by atoms with Crippen molar-refractivity contribution in [3.63, 3.8) is 0 Å². The fraction of sp³-hybridized carbons (Fsp3) is 0.882. The van der Waals surface area contributed by atoms with Gasteiger partial charge in [0.2, 0.25) is 11.8 Å². The molecular weight excluding hydrogens is 264 g/mol. The highest BCUT2D eigenvalue weighted by Gasteiger charge is 2.36. The Morgan fingerprint density at radius 3 is 2.19 bits per heavy atom. The summed E-state index contributed by atoms with van der Waals surface area (Å²) in [4.78, 5) is 26.6. The molecule has 0 bridgehead atoms.